The summed E-state index contributed by atoms with van der Waals surface area (Å²) in [7, 11) is 0. The third kappa shape index (κ3) is 4.24. The number of hydrogen-bond acceptors (Lipinski definition) is 4. The van der Waals surface area contributed by atoms with E-state index in [4.69, 9.17) is 10.5 Å². The smallest absolute Gasteiger partial charge is 0.248 e. The van der Waals surface area contributed by atoms with Crippen molar-refractivity contribution in [2.75, 3.05) is 11.4 Å². The summed E-state index contributed by atoms with van der Waals surface area (Å²) >= 11 is 1.76. The minimum atomic E-state index is -0.441. The van der Waals surface area contributed by atoms with Gasteiger partial charge in [-0.25, -0.2) is 0 Å². The molecule has 0 saturated heterocycles. The van der Waals surface area contributed by atoms with E-state index in [0.29, 0.717) is 11.3 Å². The number of amides is 1. The fourth-order valence-corrected chi connectivity index (χ4v) is 3.55. The summed E-state index contributed by atoms with van der Waals surface area (Å²) in [5.41, 5.74) is 8.05. The molecule has 1 heterocycles. The standard InChI is InChI=1S/C21H22N2O2S/c1-3-23(20-5-4-12-26-20)14-16-6-11-19(15(2)13-16)25-18-9-7-17(8-10-18)21(22)24/h4-13H,3,14H2,1-2H3,(H2,22,24). The second kappa shape index (κ2) is 8.06. The molecule has 26 heavy (non-hydrogen) atoms. The molecule has 3 aromatic rings. The third-order valence-electron chi connectivity index (χ3n) is 4.18. The molecule has 2 aromatic carbocycles. The van der Waals surface area contributed by atoms with Crippen LogP contribution in [0, 0.1) is 6.92 Å². The molecular weight excluding hydrogens is 344 g/mol. The van der Waals surface area contributed by atoms with Gasteiger partial charge in [0.2, 0.25) is 5.91 Å². The maximum atomic E-state index is 11.1. The van der Waals surface area contributed by atoms with E-state index in [0.717, 1.165) is 24.4 Å². The largest absolute Gasteiger partial charge is 0.457 e. The Balaban J connectivity index is 1.72. The molecule has 0 aliphatic rings. The minimum Gasteiger partial charge on any atom is -0.457 e. The van der Waals surface area contributed by atoms with E-state index < -0.39 is 5.91 Å². The summed E-state index contributed by atoms with van der Waals surface area (Å²) in [5.74, 6) is 1.04. The first-order valence-electron chi connectivity index (χ1n) is 8.52. The fraction of sp³-hybridized carbons (Fsp3) is 0.190. The SMILES string of the molecule is CCN(Cc1ccc(Oc2ccc(C(N)=O)cc2)c(C)c1)c1cccs1. The van der Waals surface area contributed by atoms with Gasteiger partial charge < -0.3 is 15.4 Å². The van der Waals surface area contributed by atoms with E-state index in [9.17, 15) is 4.79 Å². The van der Waals surface area contributed by atoms with E-state index in [-0.39, 0.29) is 0 Å². The number of rotatable bonds is 7. The highest BCUT2D eigenvalue weighted by Gasteiger charge is 2.09. The third-order valence-corrected chi connectivity index (χ3v) is 5.11. The van der Waals surface area contributed by atoms with E-state index in [1.54, 1.807) is 35.6 Å². The molecule has 0 bridgehead atoms. The highest BCUT2D eigenvalue weighted by atomic mass is 32.1. The number of ether oxygens (including phenoxy) is 1. The molecule has 0 atom stereocenters. The second-order valence-electron chi connectivity index (χ2n) is 6.06. The Kier molecular flexibility index (Phi) is 5.58. The molecule has 0 saturated carbocycles. The van der Waals surface area contributed by atoms with Crippen molar-refractivity contribution in [3.05, 3.63) is 76.7 Å². The molecule has 0 radical (unpaired) electrons. The highest BCUT2D eigenvalue weighted by Crippen LogP contribution is 2.28. The highest BCUT2D eigenvalue weighted by molar-refractivity contribution is 7.14. The van der Waals surface area contributed by atoms with Crippen LogP contribution in [0.15, 0.2) is 60.0 Å². The van der Waals surface area contributed by atoms with E-state index >= 15 is 0 Å². The lowest BCUT2D eigenvalue weighted by Crippen LogP contribution is -2.20. The summed E-state index contributed by atoms with van der Waals surface area (Å²) in [6.45, 7) is 6.04. The molecule has 134 valence electrons. The Hall–Kier alpha value is -2.79. The van der Waals surface area contributed by atoms with Gasteiger partial charge in [-0.3, -0.25) is 4.79 Å². The zero-order chi connectivity index (χ0) is 18.5. The average Bonchev–Trinajstić information content (AvgIpc) is 3.17. The van der Waals surface area contributed by atoms with Crippen molar-refractivity contribution in [2.45, 2.75) is 20.4 Å². The maximum Gasteiger partial charge on any atom is 0.248 e. The van der Waals surface area contributed by atoms with Crippen LogP contribution >= 0.6 is 11.3 Å². The molecule has 4 nitrogen and oxygen atoms in total. The zero-order valence-corrected chi connectivity index (χ0v) is 15.8. The molecule has 5 heteroatoms. The summed E-state index contributed by atoms with van der Waals surface area (Å²) in [6, 6.07) is 17.3. The average molecular weight is 366 g/mol. The van der Waals surface area contributed by atoms with Crippen molar-refractivity contribution in [2.24, 2.45) is 5.73 Å². The van der Waals surface area contributed by atoms with Crippen LogP contribution in [0.4, 0.5) is 5.00 Å². The van der Waals surface area contributed by atoms with Gasteiger partial charge in [-0.15, -0.1) is 11.3 Å². The van der Waals surface area contributed by atoms with Crippen molar-refractivity contribution in [1.82, 2.24) is 0 Å². The topological polar surface area (TPSA) is 55.6 Å². The van der Waals surface area contributed by atoms with Crippen LogP contribution < -0.4 is 15.4 Å². The van der Waals surface area contributed by atoms with Gasteiger partial charge >= 0.3 is 0 Å². The summed E-state index contributed by atoms with van der Waals surface area (Å²) in [4.78, 5) is 13.5. The Morgan fingerprint density at radius 1 is 1.15 bits per heavy atom. The lowest BCUT2D eigenvalue weighted by Gasteiger charge is -2.21. The van der Waals surface area contributed by atoms with Gasteiger partial charge in [-0.05, 0) is 72.8 Å². The van der Waals surface area contributed by atoms with Crippen LogP contribution in [-0.4, -0.2) is 12.5 Å². The normalized spacial score (nSPS) is 10.5. The fourth-order valence-electron chi connectivity index (χ4n) is 2.75. The van der Waals surface area contributed by atoms with E-state index in [1.807, 2.05) is 13.0 Å². The van der Waals surface area contributed by atoms with Crippen molar-refractivity contribution >= 4 is 22.2 Å². The molecule has 0 aliphatic carbocycles. The van der Waals surface area contributed by atoms with E-state index in [2.05, 4.69) is 41.5 Å². The molecule has 0 fully saturated rings. The van der Waals surface area contributed by atoms with Crippen molar-refractivity contribution < 1.29 is 9.53 Å². The molecule has 0 spiro atoms. The van der Waals surface area contributed by atoms with Gasteiger partial charge in [0.05, 0.1) is 5.00 Å². The van der Waals surface area contributed by atoms with Crippen LogP contribution in [0.5, 0.6) is 11.5 Å². The molecule has 1 amide bonds. The zero-order valence-electron chi connectivity index (χ0n) is 14.9. The molecule has 3 rings (SSSR count). The number of aryl methyl sites for hydroxylation is 1. The van der Waals surface area contributed by atoms with Gasteiger partial charge in [0.15, 0.2) is 0 Å². The van der Waals surface area contributed by atoms with Gasteiger partial charge in [0, 0.05) is 18.7 Å². The number of thiophene rings is 1. The Labute approximate surface area is 157 Å². The number of nitrogens with two attached hydrogens (primary N) is 1. The number of benzene rings is 2. The number of nitrogens with zero attached hydrogens (tertiary/aromatic N) is 1. The molecular formula is C21H22N2O2S. The number of hydrogen-bond donors (Lipinski definition) is 1. The van der Waals surface area contributed by atoms with Gasteiger partial charge in [0.1, 0.15) is 11.5 Å². The lowest BCUT2D eigenvalue weighted by molar-refractivity contribution is 0.100. The summed E-state index contributed by atoms with van der Waals surface area (Å²) < 4.78 is 5.94. The van der Waals surface area contributed by atoms with Crippen molar-refractivity contribution in [3.8, 4) is 11.5 Å². The van der Waals surface area contributed by atoms with Crippen LogP contribution in [0.3, 0.4) is 0 Å². The maximum absolute atomic E-state index is 11.1. The number of anilines is 1. The van der Waals surface area contributed by atoms with Crippen LogP contribution in [0.2, 0.25) is 0 Å². The van der Waals surface area contributed by atoms with Crippen molar-refractivity contribution in [3.63, 3.8) is 0 Å². The number of carbonyl (C=O) groups excluding carboxylic acids is 1. The van der Waals surface area contributed by atoms with E-state index in [1.165, 1.54) is 10.6 Å². The molecule has 2 N–H and O–H groups in total. The minimum absolute atomic E-state index is 0.441. The van der Waals surface area contributed by atoms with Crippen molar-refractivity contribution in [1.29, 1.82) is 0 Å². The first-order chi connectivity index (χ1) is 12.6. The van der Waals surface area contributed by atoms with Crippen LogP contribution in [0.25, 0.3) is 0 Å². The predicted molar refractivity (Wildman–Crippen MR) is 107 cm³/mol. The second-order valence-corrected chi connectivity index (χ2v) is 6.98. The Morgan fingerprint density at radius 2 is 1.92 bits per heavy atom. The lowest BCUT2D eigenvalue weighted by atomic mass is 10.1. The first kappa shape index (κ1) is 18.0. The number of primary amides is 1. The monoisotopic (exact) mass is 366 g/mol. The Bertz CT molecular complexity index is 874. The predicted octanol–water partition coefficient (Wildman–Crippen LogP) is 4.97. The molecule has 0 unspecified atom stereocenters. The Morgan fingerprint density at radius 3 is 2.50 bits per heavy atom. The van der Waals surface area contributed by atoms with Gasteiger partial charge in [0.25, 0.3) is 0 Å². The summed E-state index contributed by atoms with van der Waals surface area (Å²) in [5, 5.41) is 3.38. The van der Waals surface area contributed by atoms with Gasteiger partial charge in [-0.1, -0.05) is 12.1 Å². The first-order valence-corrected chi connectivity index (χ1v) is 9.40. The number of carbonyl (C=O) groups is 1. The summed E-state index contributed by atoms with van der Waals surface area (Å²) in [6.07, 6.45) is 0. The molecule has 1 aromatic heterocycles. The molecule has 0 aliphatic heterocycles. The quantitative estimate of drug-likeness (QED) is 0.642. The van der Waals surface area contributed by atoms with Gasteiger partial charge in [-0.2, -0.15) is 0 Å². The van der Waals surface area contributed by atoms with Crippen LogP contribution in [0.1, 0.15) is 28.4 Å². The van der Waals surface area contributed by atoms with Crippen LogP contribution in [-0.2, 0) is 6.54 Å².